The zero-order valence-corrected chi connectivity index (χ0v) is 9.69. The molecule has 2 heterocycles. The van der Waals surface area contributed by atoms with Crippen LogP contribution in [0.3, 0.4) is 0 Å². The normalized spacial score (nSPS) is 18.3. The fourth-order valence-electron chi connectivity index (χ4n) is 2.14. The number of amides is 1. The summed E-state index contributed by atoms with van der Waals surface area (Å²) >= 11 is 0. The van der Waals surface area contributed by atoms with Gasteiger partial charge >= 0.3 is 0 Å². The molecule has 0 atom stereocenters. The maximum Gasteiger partial charge on any atom is 0.289 e. The molecule has 0 aromatic carbocycles. The fraction of sp³-hybridized carbons (Fsp3) is 0.583. The summed E-state index contributed by atoms with van der Waals surface area (Å²) in [6, 6.07) is 3.44. The van der Waals surface area contributed by atoms with Crippen molar-refractivity contribution in [2.24, 2.45) is 0 Å². The summed E-state index contributed by atoms with van der Waals surface area (Å²) in [5.74, 6) is 0.956. The Morgan fingerprint density at radius 2 is 2.25 bits per heavy atom. The molecule has 1 amide bonds. The van der Waals surface area contributed by atoms with Gasteiger partial charge in [0, 0.05) is 0 Å². The van der Waals surface area contributed by atoms with Gasteiger partial charge in [-0.15, -0.1) is 0 Å². The highest BCUT2D eigenvalue weighted by atomic mass is 16.4. The molecule has 0 radical (unpaired) electrons. The summed E-state index contributed by atoms with van der Waals surface area (Å²) in [7, 11) is 0. The largest absolute Gasteiger partial charge is 0.456 e. The van der Waals surface area contributed by atoms with Crippen molar-refractivity contribution in [3.05, 3.63) is 23.7 Å². The SMILES string of the molecule is CCCC1(O)CN(C(=O)c2ccc(C)o2)C1. The highest BCUT2D eigenvalue weighted by molar-refractivity contribution is 5.92. The van der Waals surface area contributed by atoms with E-state index in [9.17, 15) is 9.90 Å². The fourth-order valence-corrected chi connectivity index (χ4v) is 2.14. The number of furan rings is 1. The first-order valence-electron chi connectivity index (χ1n) is 5.62. The Balaban J connectivity index is 1.95. The molecule has 1 fully saturated rings. The molecule has 1 aromatic heterocycles. The van der Waals surface area contributed by atoms with E-state index in [-0.39, 0.29) is 5.91 Å². The summed E-state index contributed by atoms with van der Waals surface area (Å²) < 4.78 is 5.26. The van der Waals surface area contributed by atoms with Crippen LogP contribution in [0.15, 0.2) is 16.5 Å². The lowest BCUT2D eigenvalue weighted by Gasteiger charge is -2.46. The Kier molecular flexibility index (Phi) is 2.76. The van der Waals surface area contributed by atoms with E-state index in [2.05, 4.69) is 0 Å². The number of likely N-dealkylation sites (tertiary alicyclic amines) is 1. The zero-order valence-electron chi connectivity index (χ0n) is 9.69. The van der Waals surface area contributed by atoms with Crippen LogP contribution in [0.25, 0.3) is 0 Å². The molecule has 1 aliphatic rings. The third kappa shape index (κ3) is 1.97. The molecular formula is C12H17NO3. The van der Waals surface area contributed by atoms with E-state index in [1.54, 1.807) is 24.0 Å². The van der Waals surface area contributed by atoms with Crippen LogP contribution in [0.5, 0.6) is 0 Å². The van der Waals surface area contributed by atoms with Crippen LogP contribution in [0, 0.1) is 6.92 Å². The summed E-state index contributed by atoms with van der Waals surface area (Å²) in [5.41, 5.74) is -0.675. The molecule has 1 aliphatic heterocycles. The molecular weight excluding hydrogens is 206 g/mol. The van der Waals surface area contributed by atoms with Crippen LogP contribution in [0.1, 0.15) is 36.1 Å². The molecule has 16 heavy (non-hydrogen) atoms. The van der Waals surface area contributed by atoms with Gasteiger partial charge in [-0.3, -0.25) is 4.79 Å². The number of rotatable bonds is 3. The summed E-state index contributed by atoms with van der Waals surface area (Å²) in [6.07, 6.45) is 1.67. The molecule has 1 saturated heterocycles. The molecule has 4 nitrogen and oxygen atoms in total. The number of β-amino-alcohol motifs (C(OH)–C–C–N with tert-alkyl or cyclic N) is 1. The van der Waals surface area contributed by atoms with Gasteiger partial charge < -0.3 is 14.4 Å². The van der Waals surface area contributed by atoms with Gasteiger partial charge in [-0.25, -0.2) is 0 Å². The standard InChI is InChI=1S/C12H17NO3/c1-3-6-12(15)7-13(8-12)11(14)10-5-4-9(2)16-10/h4-5,15H,3,6-8H2,1-2H3. The minimum Gasteiger partial charge on any atom is -0.456 e. The number of aliphatic hydroxyl groups is 1. The minimum atomic E-state index is -0.675. The number of aryl methyl sites for hydroxylation is 1. The number of nitrogens with zero attached hydrogens (tertiary/aromatic N) is 1. The highest BCUT2D eigenvalue weighted by Gasteiger charge is 2.43. The van der Waals surface area contributed by atoms with E-state index in [1.807, 2.05) is 6.92 Å². The van der Waals surface area contributed by atoms with Crippen LogP contribution in [-0.2, 0) is 0 Å². The van der Waals surface area contributed by atoms with Gasteiger partial charge in [0.2, 0.25) is 0 Å². The second-order valence-electron chi connectivity index (χ2n) is 4.55. The van der Waals surface area contributed by atoms with E-state index in [0.29, 0.717) is 18.8 Å². The van der Waals surface area contributed by atoms with Crippen LogP contribution in [-0.4, -0.2) is 34.6 Å². The third-order valence-electron chi connectivity index (χ3n) is 2.92. The van der Waals surface area contributed by atoms with E-state index in [0.717, 1.165) is 18.6 Å². The molecule has 0 unspecified atom stereocenters. The van der Waals surface area contributed by atoms with E-state index >= 15 is 0 Å². The Hall–Kier alpha value is -1.29. The van der Waals surface area contributed by atoms with Crippen molar-refractivity contribution in [1.29, 1.82) is 0 Å². The second kappa shape index (κ2) is 3.94. The van der Waals surface area contributed by atoms with Crippen molar-refractivity contribution >= 4 is 5.91 Å². The lowest BCUT2D eigenvalue weighted by atomic mass is 9.89. The van der Waals surface area contributed by atoms with Crippen LogP contribution < -0.4 is 0 Å². The maximum atomic E-state index is 11.9. The lowest BCUT2D eigenvalue weighted by molar-refractivity contribution is -0.0867. The minimum absolute atomic E-state index is 0.131. The molecule has 1 N–H and O–H groups in total. The number of hydrogen-bond donors (Lipinski definition) is 1. The van der Waals surface area contributed by atoms with Crippen molar-refractivity contribution in [3.63, 3.8) is 0 Å². The second-order valence-corrected chi connectivity index (χ2v) is 4.55. The van der Waals surface area contributed by atoms with E-state index in [1.165, 1.54) is 0 Å². The van der Waals surface area contributed by atoms with Gasteiger partial charge in [0.25, 0.3) is 5.91 Å². The third-order valence-corrected chi connectivity index (χ3v) is 2.92. The van der Waals surface area contributed by atoms with E-state index in [4.69, 9.17) is 4.42 Å². The predicted molar refractivity (Wildman–Crippen MR) is 59.2 cm³/mol. The van der Waals surface area contributed by atoms with Crippen LogP contribution in [0.4, 0.5) is 0 Å². The van der Waals surface area contributed by atoms with Crippen LogP contribution in [0.2, 0.25) is 0 Å². The number of hydrogen-bond acceptors (Lipinski definition) is 3. The first kappa shape index (κ1) is 11.2. The molecule has 88 valence electrons. The molecule has 0 spiro atoms. The Bertz CT molecular complexity index is 391. The molecule has 1 aromatic rings. The van der Waals surface area contributed by atoms with Gasteiger partial charge in [-0.05, 0) is 25.5 Å². The maximum absolute atomic E-state index is 11.9. The molecule has 0 bridgehead atoms. The number of carbonyl (C=O) groups is 1. The summed E-state index contributed by atoms with van der Waals surface area (Å²) in [5, 5.41) is 9.96. The summed E-state index contributed by atoms with van der Waals surface area (Å²) in [6.45, 7) is 4.66. The van der Waals surface area contributed by atoms with Crippen molar-refractivity contribution in [2.75, 3.05) is 13.1 Å². The number of carbonyl (C=O) groups excluding carboxylic acids is 1. The molecule has 2 rings (SSSR count). The van der Waals surface area contributed by atoms with E-state index < -0.39 is 5.60 Å². The summed E-state index contributed by atoms with van der Waals surface area (Å²) in [4.78, 5) is 13.5. The van der Waals surface area contributed by atoms with Gasteiger partial charge in [-0.1, -0.05) is 13.3 Å². The average molecular weight is 223 g/mol. The molecule has 0 saturated carbocycles. The van der Waals surface area contributed by atoms with Crippen molar-refractivity contribution in [3.8, 4) is 0 Å². The molecule has 0 aliphatic carbocycles. The Morgan fingerprint density at radius 3 is 2.75 bits per heavy atom. The Labute approximate surface area is 94.9 Å². The van der Waals surface area contributed by atoms with Crippen molar-refractivity contribution in [1.82, 2.24) is 4.90 Å². The Morgan fingerprint density at radius 1 is 1.56 bits per heavy atom. The van der Waals surface area contributed by atoms with Gasteiger partial charge in [-0.2, -0.15) is 0 Å². The first-order chi connectivity index (χ1) is 7.54. The van der Waals surface area contributed by atoms with Gasteiger partial charge in [0.1, 0.15) is 5.76 Å². The van der Waals surface area contributed by atoms with Crippen molar-refractivity contribution in [2.45, 2.75) is 32.3 Å². The average Bonchev–Trinajstić information content (AvgIpc) is 2.60. The first-order valence-corrected chi connectivity index (χ1v) is 5.62. The zero-order chi connectivity index (χ0) is 11.8. The monoisotopic (exact) mass is 223 g/mol. The van der Waals surface area contributed by atoms with Crippen LogP contribution >= 0.6 is 0 Å². The van der Waals surface area contributed by atoms with Gasteiger partial charge in [0.15, 0.2) is 5.76 Å². The quantitative estimate of drug-likeness (QED) is 0.846. The predicted octanol–water partition coefficient (Wildman–Crippen LogP) is 1.58. The lowest BCUT2D eigenvalue weighted by Crippen LogP contribution is -2.63. The topological polar surface area (TPSA) is 53.7 Å². The van der Waals surface area contributed by atoms with Gasteiger partial charge in [0.05, 0.1) is 18.7 Å². The molecule has 4 heteroatoms. The smallest absolute Gasteiger partial charge is 0.289 e. The van der Waals surface area contributed by atoms with Crippen molar-refractivity contribution < 1.29 is 14.3 Å². The highest BCUT2D eigenvalue weighted by Crippen LogP contribution is 2.27.